The molecule has 1 aromatic carbocycles. The number of hydrogen-bond donors (Lipinski definition) is 1. The molecule has 2 fully saturated rings. The fraction of sp³-hybridized carbons (Fsp3) is 0.333. The van der Waals surface area contributed by atoms with Gasteiger partial charge in [-0.15, -0.1) is 11.3 Å². The van der Waals surface area contributed by atoms with Crippen LogP contribution in [0.25, 0.3) is 21.0 Å². The van der Waals surface area contributed by atoms with Crippen LogP contribution in [0.1, 0.15) is 10.6 Å². The number of likely N-dealkylation sites (tertiary alicyclic amines) is 1. The van der Waals surface area contributed by atoms with Gasteiger partial charge in [-0.2, -0.15) is 0 Å². The Balaban J connectivity index is 1.39. The van der Waals surface area contributed by atoms with Crippen molar-refractivity contribution in [3.05, 3.63) is 42.2 Å². The number of benzene rings is 1. The molecular weight excluding hydrogens is 322 g/mol. The van der Waals surface area contributed by atoms with E-state index in [2.05, 4.69) is 10.3 Å². The van der Waals surface area contributed by atoms with Crippen molar-refractivity contribution in [1.29, 1.82) is 0 Å². The Morgan fingerprint density at radius 3 is 2.75 bits per heavy atom. The molecule has 0 saturated carbocycles. The van der Waals surface area contributed by atoms with Gasteiger partial charge in [0.1, 0.15) is 0 Å². The zero-order chi connectivity index (χ0) is 16.1. The average Bonchev–Trinajstić information content (AvgIpc) is 3.34. The smallest absolute Gasteiger partial charge is 0.289 e. The van der Waals surface area contributed by atoms with E-state index in [1.54, 1.807) is 17.4 Å². The maximum absolute atomic E-state index is 12.7. The van der Waals surface area contributed by atoms with E-state index >= 15 is 0 Å². The predicted octanol–water partition coefficient (Wildman–Crippen LogP) is 2.85. The summed E-state index contributed by atoms with van der Waals surface area (Å²) in [6, 6.07) is 11.6. The zero-order valence-corrected chi connectivity index (χ0v) is 13.9. The fourth-order valence-corrected chi connectivity index (χ4v) is 4.65. The fourth-order valence-electron chi connectivity index (χ4n) is 3.72. The second-order valence-electron chi connectivity index (χ2n) is 6.54. The van der Waals surface area contributed by atoms with E-state index in [9.17, 15) is 4.79 Å². The molecule has 24 heavy (non-hydrogen) atoms. The summed E-state index contributed by atoms with van der Waals surface area (Å²) in [6.45, 7) is 3.69. The van der Waals surface area contributed by atoms with Crippen LogP contribution >= 0.6 is 11.3 Å². The van der Waals surface area contributed by atoms with E-state index in [1.165, 1.54) is 0 Å². The summed E-state index contributed by atoms with van der Waals surface area (Å²) in [4.78, 5) is 19.2. The highest BCUT2D eigenvalue weighted by Gasteiger charge is 2.39. The van der Waals surface area contributed by atoms with Crippen molar-refractivity contribution in [3.8, 4) is 10.8 Å². The summed E-state index contributed by atoms with van der Waals surface area (Å²) in [5.74, 6) is 2.26. The lowest BCUT2D eigenvalue weighted by Crippen LogP contribution is -2.31. The topological polar surface area (TPSA) is 58.4 Å². The minimum atomic E-state index is -0.00300. The number of furan rings is 1. The van der Waals surface area contributed by atoms with E-state index in [4.69, 9.17) is 4.42 Å². The number of para-hydroxylation sites is 1. The monoisotopic (exact) mass is 339 g/mol. The lowest BCUT2D eigenvalue weighted by atomic mass is 10.0. The summed E-state index contributed by atoms with van der Waals surface area (Å²) >= 11 is 1.58. The first-order valence-electron chi connectivity index (χ1n) is 8.24. The molecule has 122 valence electrons. The van der Waals surface area contributed by atoms with Gasteiger partial charge in [-0.1, -0.05) is 12.1 Å². The summed E-state index contributed by atoms with van der Waals surface area (Å²) in [6.07, 6.45) is 0. The number of rotatable bonds is 2. The van der Waals surface area contributed by atoms with Crippen molar-refractivity contribution in [2.45, 2.75) is 0 Å². The minimum absolute atomic E-state index is 0.00300. The molecule has 3 aromatic rings. The lowest BCUT2D eigenvalue weighted by molar-refractivity contribution is 0.0751. The summed E-state index contributed by atoms with van der Waals surface area (Å²) < 4.78 is 6.96. The third-order valence-corrected chi connectivity index (χ3v) is 6.05. The summed E-state index contributed by atoms with van der Waals surface area (Å²) in [5.41, 5.74) is 0.960. The number of nitrogens with one attached hydrogen (secondary N) is 1. The number of carbonyl (C=O) groups is 1. The first-order chi connectivity index (χ1) is 11.8. The molecular formula is C18H17N3O2S. The van der Waals surface area contributed by atoms with E-state index in [0.717, 1.165) is 41.4 Å². The molecule has 0 aliphatic carbocycles. The van der Waals surface area contributed by atoms with Crippen LogP contribution in [0.2, 0.25) is 0 Å². The Morgan fingerprint density at radius 1 is 1.17 bits per heavy atom. The molecule has 0 spiro atoms. The number of aromatic nitrogens is 1. The van der Waals surface area contributed by atoms with Crippen LogP contribution in [0, 0.1) is 11.8 Å². The van der Waals surface area contributed by atoms with Gasteiger partial charge in [0.2, 0.25) is 0 Å². The molecule has 2 saturated heterocycles. The third-order valence-electron chi connectivity index (χ3n) is 5.00. The Kier molecular flexibility index (Phi) is 3.21. The van der Waals surface area contributed by atoms with Gasteiger partial charge < -0.3 is 14.6 Å². The van der Waals surface area contributed by atoms with Gasteiger partial charge in [-0.25, -0.2) is 4.98 Å². The second kappa shape index (κ2) is 5.43. The highest BCUT2D eigenvalue weighted by molar-refractivity contribution is 7.21. The number of thiazole rings is 1. The van der Waals surface area contributed by atoms with Gasteiger partial charge in [0.15, 0.2) is 16.5 Å². The standard InChI is InChI=1S/C18H17N3O2S/c22-18(21-9-11-7-19-8-12(11)10-21)15-6-5-14(23-15)17-20-13-3-1-2-4-16(13)24-17/h1-6,11-12,19H,7-10H2/t11-,12+. The van der Waals surface area contributed by atoms with Gasteiger partial charge in [0.25, 0.3) is 5.91 Å². The van der Waals surface area contributed by atoms with Crippen LogP contribution in [0.5, 0.6) is 0 Å². The van der Waals surface area contributed by atoms with E-state index in [1.807, 2.05) is 35.2 Å². The molecule has 2 atom stereocenters. The summed E-state index contributed by atoms with van der Waals surface area (Å²) in [5, 5.41) is 4.21. The maximum Gasteiger partial charge on any atom is 0.289 e. The first kappa shape index (κ1) is 14.2. The highest BCUT2D eigenvalue weighted by atomic mass is 32.1. The van der Waals surface area contributed by atoms with Gasteiger partial charge >= 0.3 is 0 Å². The molecule has 1 amide bonds. The third kappa shape index (κ3) is 2.25. The molecule has 2 aliphatic heterocycles. The molecule has 1 N–H and O–H groups in total. The van der Waals surface area contributed by atoms with Crippen molar-refractivity contribution < 1.29 is 9.21 Å². The van der Waals surface area contributed by atoms with Gasteiger partial charge in [-0.3, -0.25) is 4.79 Å². The van der Waals surface area contributed by atoms with Gasteiger partial charge in [-0.05, 0) is 36.1 Å². The van der Waals surface area contributed by atoms with E-state index < -0.39 is 0 Å². The van der Waals surface area contributed by atoms with Crippen LogP contribution in [0.3, 0.4) is 0 Å². The zero-order valence-electron chi connectivity index (χ0n) is 13.1. The van der Waals surface area contributed by atoms with Crippen LogP contribution < -0.4 is 5.32 Å². The molecule has 0 unspecified atom stereocenters. The van der Waals surface area contributed by atoms with Crippen molar-refractivity contribution in [2.75, 3.05) is 26.2 Å². The highest BCUT2D eigenvalue weighted by Crippen LogP contribution is 2.32. The molecule has 6 heteroatoms. The molecule has 5 nitrogen and oxygen atoms in total. The molecule has 5 rings (SSSR count). The molecule has 0 bridgehead atoms. The van der Waals surface area contributed by atoms with E-state index in [-0.39, 0.29) is 5.91 Å². The number of nitrogens with zero attached hydrogens (tertiary/aromatic N) is 2. The van der Waals surface area contributed by atoms with Crippen LogP contribution in [0.15, 0.2) is 40.8 Å². The van der Waals surface area contributed by atoms with E-state index in [0.29, 0.717) is 23.4 Å². The Bertz CT molecular complexity index is 871. The molecule has 0 radical (unpaired) electrons. The second-order valence-corrected chi connectivity index (χ2v) is 7.57. The molecule has 4 heterocycles. The minimum Gasteiger partial charge on any atom is -0.448 e. The van der Waals surface area contributed by atoms with Crippen LogP contribution in [-0.4, -0.2) is 42.0 Å². The number of carbonyl (C=O) groups excluding carboxylic acids is 1. The quantitative estimate of drug-likeness (QED) is 0.780. The number of amides is 1. The SMILES string of the molecule is O=C(c1ccc(-c2nc3ccccc3s2)o1)N1C[C@H]2CNC[C@H]2C1. The van der Waals surface area contributed by atoms with Crippen LogP contribution in [0.4, 0.5) is 0 Å². The largest absolute Gasteiger partial charge is 0.448 e. The van der Waals surface area contributed by atoms with Crippen molar-refractivity contribution in [1.82, 2.24) is 15.2 Å². The van der Waals surface area contributed by atoms with Gasteiger partial charge in [0, 0.05) is 26.2 Å². The van der Waals surface area contributed by atoms with Crippen molar-refractivity contribution in [2.24, 2.45) is 11.8 Å². The first-order valence-corrected chi connectivity index (χ1v) is 9.05. The van der Waals surface area contributed by atoms with Gasteiger partial charge in [0.05, 0.1) is 10.2 Å². The predicted molar refractivity (Wildman–Crippen MR) is 93.1 cm³/mol. The molecule has 2 aromatic heterocycles. The van der Waals surface area contributed by atoms with Crippen molar-refractivity contribution in [3.63, 3.8) is 0 Å². The normalized spacial score (nSPS) is 23.1. The number of hydrogen-bond acceptors (Lipinski definition) is 5. The van der Waals surface area contributed by atoms with Crippen LogP contribution in [-0.2, 0) is 0 Å². The summed E-state index contributed by atoms with van der Waals surface area (Å²) in [7, 11) is 0. The Morgan fingerprint density at radius 2 is 1.96 bits per heavy atom. The molecule has 2 aliphatic rings. The van der Waals surface area contributed by atoms with Crippen molar-refractivity contribution >= 4 is 27.5 Å². The maximum atomic E-state index is 12.7. The Hall–Kier alpha value is -2.18. The average molecular weight is 339 g/mol. The lowest BCUT2D eigenvalue weighted by Gasteiger charge is -2.15. The number of fused-ring (bicyclic) bond motifs is 2. The Labute approximate surface area is 143 Å².